The highest BCUT2D eigenvalue weighted by Gasteiger charge is 2.57. The van der Waals surface area contributed by atoms with Crippen LogP contribution in [0.1, 0.15) is 21.9 Å². The number of aromatic nitrogens is 1. The van der Waals surface area contributed by atoms with Gasteiger partial charge < -0.3 is 14.8 Å². The van der Waals surface area contributed by atoms with Crippen molar-refractivity contribution in [1.82, 2.24) is 4.57 Å². The van der Waals surface area contributed by atoms with Crippen LogP contribution in [0.2, 0.25) is 0 Å². The summed E-state index contributed by atoms with van der Waals surface area (Å²) in [5, 5.41) is 6.78. The molecular formula is C31H25F3N4O8S3. The van der Waals surface area contributed by atoms with E-state index in [2.05, 4.69) is 5.32 Å². The largest absolute Gasteiger partial charge is 0.493 e. The van der Waals surface area contributed by atoms with Gasteiger partial charge in [-0.1, -0.05) is 35.2 Å². The molecule has 1 saturated heterocycles. The number of fused-ring (bicyclic) bond motifs is 2. The molecule has 2 aliphatic heterocycles. The number of imide groups is 1. The first-order valence-corrected chi connectivity index (χ1v) is 17.5. The molecular weight excluding hydrogens is 710 g/mol. The topological polar surface area (TPSA) is 167 Å². The minimum atomic E-state index is -4.73. The molecule has 0 bridgehead atoms. The number of nitrogens with two attached hydrogens (primary N) is 1. The highest BCUT2D eigenvalue weighted by atomic mass is 32.2. The van der Waals surface area contributed by atoms with Crippen molar-refractivity contribution in [2.75, 3.05) is 24.4 Å². The molecule has 0 spiro atoms. The molecule has 3 aromatic carbocycles. The molecule has 4 aromatic rings. The number of ether oxygens (including phenoxy) is 2. The molecule has 0 saturated carbocycles. The monoisotopic (exact) mass is 734 g/mol. The van der Waals surface area contributed by atoms with E-state index in [1.165, 1.54) is 44.6 Å². The standard InChI is InChI=1S/C31H25F3N4O8S3/c1-45-20-11-6-15(12-21(20)46-2)23-24-25(28(41)38(27(24)40)18-5-3-4-16(13-18)31(32,33)34)47-29-26(23)48-30(42)37(29)14-22(39)36-17-7-9-19(10-8-17)49(35,43)44/h3-13,23-25H,14H2,1-2H3,(H,36,39)(H2,35,43,44)/t23-,24?,25?/m0/s1. The number of amides is 3. The number of methoxy groups -OCH3 is 2. The van der Waals surface area contributed by atoms with Crippen LogP contribution < -0.4 is 29.7 Å². The van der Waals surface area contributed by atoms with E-state index in [4.69, 9.17) is 14.6 Å². The number of benzene rings is 3. The number of nitrogens with one attached hydrogen (secondary N) is 1. The molecule has 12 nitrogen and oxygen atoms in total. The number of nitrogens with zero attached hydrogens (tertiary/aromatic N) is 2. The minimum Gasteiger partial charge on any atom is -0.493 e. The number of primary sulfonamides is 1. The van der Waals surface area contributed by atoms with E-state index in [0.717, 1.165) is 50.8 Å². The fourth-order valence-electron chi connectivity index (χ4n) is 5.81. The lowest BCUT2D eigenvalue weighted by Crippen LogP contribution is -2.33. The molecule has 3 amide bonds. The van der Waals surface area contributed by atoms with Crippen molar-refractivity contribution in [3.63, 3.8) is 0 Å². The number of carbonyl (C=O) groups excluding carboxylic acids is 3. The Morgan fingerprint density at radius 3 is 2.29 bits per heavy atom. The third-order valence-electron chi connectivity index (χ3n) is 8.02. The quantitative estimate of drug-likeness (QED) is 0.254. The normalized spacial score (nSPS) is 19.0. The van der Waals surface area contributed by atoms with Crippen LogP contribution in [0.3, 0.4) is 0 Å². The summed E-state index contributed by atoms with van der Waals surface area (Å²) in [7, 11) is -1.13. The maximum absolute atomic E-state index is 14.1. The van der Waals surface area contributed by atoms with Gasteiger partial charge in [0.1, 0.15) is 11.8 Å². The van der Waals surface area contributed by atoms with Crippen LogP contribution in [-0.4, -0.2) is 50.2 Å². The summed E-state index contributed by atoms with van der Waals surface area (Å²) >= 11 is 1.66. The van der Waals surface area contributed by atoms with Crippen molar-refractivity contribution in [2.24, 2.45) is 11.1 Å². The first kappa shape index (κ1) is 34.2. The number of alkyl halides is 3. The number of sulfonamides is 1. The van der Waals surface area contributed by atoms with Crippen LogP contribution in [0, 0.1) is 5.92 Å². The third-order valence-corrected chi connectivity index (χ3v) is 11.5. The number of thiazole rings is 1. The van der Waals surface area contributed by atoms with Gasteiger partial charge in [-0.05, 0) is 60.2 Å². The van der Waals surface area contributed by atoms with Gasteiger partial charge in [-0.25, -0.2) is 18.5 Å². The zero-order chi connectivity index (χ0) is 35.4. The van der Waals surface area contributed by atoms with E-state index in [1.54, 1.807) is 18.2 Å². The van der Waals surface area contributed by atoms with Crippen LogP contribution in [-0.2, 0) is 37.1 Å². The van der Waals surface area contributed by atoms with Crippen molar-refractivity contribution in [1.29, 1.82) is 0 Å². The molecule has 2 aliphatic rings. The van der Waals surface area contributed by atoms with Gasteiger partial charge in [0.05, 0.1) is 41.3 Å². The predicted molar refractivity (Wildman–Crippen MR) is 173 cm³/mol. The molecule has 3 N–H and O–H groups in total. The predicted octanol–water partition coefficient (Wildman–Crippen LogP) is 4.03. The Morgan fingerprint density at radius 2 is 1.65 bits per heavy atom. The number of hydrogen-bond donors (Lipinski definition) is 2. The molecule has 1 fully saturated rings. The smallest absolute Gasteiger partial charge is 0.416 e. The van der Waals surface area contributed by atoms with Gasteiger partial charge in [-0.2, -0.15) is 13.2 Å². The number of halogens is 3. The van der Waals surface area contributed by atoms with Gasteiger partial charge in [-0.15, -0.1) is 0 Å². The van der Waals surface area contributed by atoms with E-state index in [0.29, 0.717) is 21.9 Å². The van der Waals surface area contributed by atoms with Crippen LogP contribution in [0.15, 0.2) is 81.4 Å². The number of hydrogen-bond acceptors (Lipinski definition) is 10. The number of thioether (sulfide) groups is 1. The van der Waals surface area contributed by atoms with Crippen molar-refractivity contribution in [2.45, 2.75) is 33.8 Å². The Morgan fingerprint density at radius 1 is 0.959 bits per heavy atom. The van der Waals surface area contributed by atoms with E-state index in [1.807, 2.05) is 0 Å². The van der Waals surface area contributed by atoms with E-state index >= 15 is 0 Å². The van der Waals surface area contributed by atoms with Crippen molar-refractivity contribution < 1.29 is 45.4 Å². The Balaban J connectivity index is 1.41. The minimum absolute atomic E-state index is 0.171. The zero-order valence-corrected chi connectivity index (χ0v) is 27.8. The average Bonchev–Trinajstić information content (AvgIpc) is 3.49. The number of anilines is 2. The second-order valence-corrected chi connectivity index (χ2v) is 14.6. The molecule has 0 aliphatic carbocycles. The number of carbonyl (C=O) groups is 3. The SMILES string of the molecule is COc1ccc([C@@H]2c3sc(=O)n(CC(=O)Nc4ccc(S(N)(=O)=O)cc4)c3SC3C(=O)N(c4cccc(C(F)(F)F)c4)C(=O)C32)cc1OC. The van der Waals surface area contributed by atoms with E-state index < -0.39 is 68.0 Å². The van der Waals surface area contributed by atoms with Gasteiger partial charge in [0.15, 0.2) is 11.5 Å². The van der Waals surface area contributed by atoms with Gasteiger partial charge in [0, 0.05) is 16.5 Å². The van der Waals surface area contributed by atoms with Crippen molar-refractivity contribution in [3.05, 3.63) is 92.4 Å². The summed E-state index contributed by atoms with van der Waals surface area (Å²) in [5.41, 5.74) is -0.602. The molecule has 3 atom stereocenters. The molecule has 3 heterocycles. The Labute approximate surface area is 284 Å². The summed E-state index contributed by atoms with van der Waals surface area (Å²) in [5.74, 6) is -3.58. The summed E-state index contributed by atoms with van der Waals surface area (Å²) in [6.07, 6.45) is -4.73. The lowest BCUT2D eigenvalue weighted by atomic mass is 9.83. The van der Waals surface area contributed by atoms with Gasteiger partial charge >= 0.3 is 11.0 Å². The fourth-order valence-corrected chi connectivity index (χ4v) is 9.10. The lowest BCUT2D eigenvalue weighted by molar-refractivity contribution is -0.137. The summed E-state index contributed by atoms with van der Waals surface area (Å²) in [6, 6.07) is 13.8. The summed E-state index contributed by atoms with van der Waals surface area (Å²) in [6.45, 7) is -0.510. The van der Waals surface area contributed by atoms with Gasteiger partial charge in [0.25, 0.3) is 0 Å². The molecule has 49 heavy (non-hydrogen) atoms. The molecule has 0 radical (unpaired) electrons. The van der Waals surface area contributed by atoms with Gasteiger partial charge in [-0.3, -0.25) is 23.7 Å². The summed E-state index contributed by atoms with van der Waals surface area (Å²) < 4.78 is 75.8. The Hall–Kier alpha value is -4.65. The van der Waals surface area contributed by atoms with Crippen LogP contribution >= 0.6 is 23.1 Å². The first-order valence-electron chi connectivity index (χ1n) is 14.2. The van der Waals surface area contributed by atoms with E-state index in [9.17, 15) is 40.8 Å². The lowest BCUT2D eigenvalue weighted by Gasteiger charge is -2.31. The highest BCUT2D eigenvalue weighted by Crippen LogP contribution is 2.54. The average molecular weight is 735 g/mol. The van der Waals surface area contributed by atoms with Crippen LogP contribution in [0.4, 0.5) is 24.5 Å². The molecule has 1 aromatic heterocycles. The highest BCUT2D eigenvalue weighted by molar-refractivity contribution is 8.00. The summed E-state index contributed by atoms with van der Waals surface area (Å²) in [4.78, 5) is 55.0. The van der Waals surface area contributed by atoms with Gasteiger partial charge in [0.2, 0.25) is 27.7 Å². The van der Waals surface area contributed by atoms with Crippen LogP contribution in [0.5, 0.6) is 11.5 Å². The first-order chi connectivity index (χ1) is 23.1. The molecule has 256 valence electrons. The third kappa shape index (κ3) is 6.31. The Bertz CT molecular complexity index is 2170. The molecule has 18 heteroatoms. The second-order valence-electron chi connectivity index (χ2n) is 11.0. The Kier molecular flexibility index (Phi) is 8.85. The van der Waals surface area contributed by atoms with E-state index in [-0.39, 0.29) is 21.3 Å². The number of rotatable bonds is 8. The fraction of sp³-hybridized carbons (Fsp3) is 0.226. The van der Waals surface area contributed by atoms with Crippen molar-refractivity contribution in [3.8, 4) is 11.5 Å². The maximum atomic E-state index is 14.1. The van der Waals surface area contributed by atoms with Crippen LogP contribution in [0.25, 0.3) is 0 Å². The van der Waals surface area contributed by atoms with Crippen molar-refractivity contribution >= 4 is 62.2 Å². The molecule has 6 rings (SSSR count). The maximum Gasteiger partial charge on any atom is 0.416 e. The molecule has 2 unspecified atom stereocenters. The second kappa shape index (κ2) is 12.7. The zero-order valence-electron chi connectivity index (χ0n) is 25.4.